The molecule has 5 nitrogen and oxygen atoms in total. The highest BCUT2D eigenvalue weighted by molar-refractivity contribution is 7.90. The molecule has 1 aliphatic carbocycles. The van der Waals surface area contributed by atoms with Gasteiger partial charge in [0.25, 0.3) is 0 Å². The normalized spacial score (nSPS) is 28.6. The molecule has 1 saturated carbocycles. The monoisotopic (exact) mass is 221 g/mol. The second kappa shape index (κ2) is 4.27. The lowest BCUT2D eigenvalue weighted by molar-refractivity contribution is -0.142. The van der Waals surface area contributed by atoms with Crippen LogP contribution in [0.25, 0.3) is 0 Å². The first kappa shape index (κ1) is 11.5. The molecule has 0 heterocycles. The molecule has 2 N–H and O–H groups in total. The number of nitrogens with one attached hydrogen (secondary N) is 1. The molecule has 0 spiro atoms. The fourth-order valence-corrected chi connectivity index (χ4v) is 3.01. The number of sulfonamides is 1. The molecule has 14 heavy (non-hydrogen) atoms. The van der Waals surface area contributed by atoms with E-state index in [9.17, 15) is 13.2 Å². The summed E-state index contributed by atoms with van der Waals surface area (Å²) in [5.41, 5.74) is 0. The quantitative estimate of drug-likeness (QED) is 0.712. The minimum absolute atomic E-state index is 0.363. The van der Waals surface area contributed by atoms with Gasteiger partial charge in [0.05, 0.1) is 11.2 Å². The van der Waals surface area contributed by atoms with Crippen molar-refractivity contribution in [3.63, 3.8) is 0 Å². The summed E-state index contributed by atoms with van der Waals surface area (Å²) in [6.45, 7) is 0. The summed E-state index contributed by atoms with van der Waals surface area (Å²) < 4.78 is 25.0. The third-order valence-corrected chi connectivity index (χ3v) is 4.66. The Morgan fingerprint density at radius 2 is 1.79 bits per heavy atom. The molecule has 0 saturated heterocycles. The number of carboxylic acid groups (broad SMARTS) is 1. The Morgan fingerprint density at radius 3 is 2.14 bits per heavy atom. The van der Waals surface area contributed by atoms with Crippen LogP contribution in [0.3, 0.4) is 0 Å². The van der Waals surface area contributed by atoms with Crippen molar-refractivity contribution in [3.8, 4) is 0 Å². The molecule has 0 amide bonds. The number of carboxylic acids is 1. The van der Waals surface area contributed by atoms with E-state index in [2.05, 4.69) is 4.72 Å². The summed E-state index contributed by atoms with van der Waals surface area (Å²) in [7, 11) is -1.83. The standard InChI is InChI=1S/C8H15NO4S/c1-9-14(12,13)7-4-2-6(3-5-7)8(10)11/h6-7,9H,2-5H2,1H3,(H,10,11). The molecular weight excluding hydrogens is 206 g/mol. The summed E-state index contributed by atoms with van der Waals surface area (Å²) in [6.07, 6.45) is 1.81. The van der Waals surface area contributed by atoms with Crippen LogP contribution < -0.4 is 4.72 Å². The maximum absolute atomic E-state index is 11.4. The van der Waals surface area contributed by atoms with Crippen molar-refractivity contribution in [1.82, 2.24) is 4.72 Å². The van der Waals surface area contributed by atoms with Gasteiger partial charge in [-0.25, -0.2) is 13.1 Å². The fraction of sp³-hybridized carbons (Fsp3) is 0.875. The summed E-state index contributed by atoms with van der Waals surface area (Å²) in [5, 5.41) is 8.31. The van der Waals surface area contributed by atoms with Crippen molar-refractivity contribution in [2.24, 2.45) is 5.92 Å². The molecule has 0 aromatic rings. The van der Waals surface area contributed by atoms with Gasteiger partial charge in [-0.3, -0.25) is 4.79 Å². The van der Waals surface area contributed by atoms with E-state index in [-0.39, 0.29) is 5.92 Å². The van der Waals surface area contributed by atoms with Gasteiger partial charge in [-0.05, 0) is 32.7 Å². The molecule has 6 heteroatoms. The number of rotatable bonds is 3. The molecule has 0 unspecified atom stereocenters. The first-order chi connectivity index (χ1) is 6.47. The van der Waals surface area contributed by atoms with Gasteiger partial charge in [-0.2, -0.15) is 0 Å². The van der Waals surface area contributed by atoms with Crippen LogP contribution in [0.2, 0.25) is 0 Å². The highest BCUT2D eigenvalue weighted by Crippen LogP contribution is 2.27. The van der Waals surface area contributed by atoms with Crippen molar-refractivity contribution >= 4 is 16.0 Å². The minimum Gasteiger partial charge on any atom is -0.481 e. The molecule has 0 aromatic carbocycles. The van der Waals surface area contributed by atoms with E-state index in [1.165, 1.54) is 7.05 Å². The largest absolute Gasteiger partial charge is 0.481 e. The molecule has 1 rings (SSSR count). The topological polar surface area (TPSA) is 83.5 Å². The van der Waals surface area contributed by atoms with Crippen molar-refractivity contribution in [1.29, 1.82) is 0 Å². The van der Waals surface area contributed by atoms with Crippen LogP contribution in [0.1, 0.15) is 25.7 Å². The summed E-state index contributed by atoms with van der Waals surface area (Å²) >= 11 is 0. The predicted molar refractivity (Wildman–Crippen MR) is 51.4 cm³/mol. The average molecular weight is 221 g/mol. The lowest BCUT2D eigenvalue weighted by Gasteiger charge is -2.25. The van der Waals surface area contributed by atoms with Crippen LogP contribution in [0.15, 0.2) is 0 Å². The first-order valence-electron chi connectivity index (χ1n) is 4.62. The Hall–Kier alpha value is -0.620. The molecule has 82 valence electrons. The predicted octanol–water partition coefficient (Wildman–Crippen LogP) is 0.179. The van der Waals surface area contributed by atoms with E-state index < -0.39 is 21.2 Å². The Morgan fingerprint density at radius 1 is 1.29 bits per heavy atom. The third kappa shape index (κ3) is 2.45. The van der Waals surface area contributed by atoms with Crippen LogP contribution in [0.4, 0.5) is 0 Å². The zero-order valence-corrected chi connectivity index (χ0v) is 8.88. The van der Waals surface area contributed by atoms with Gasteiger partial charge in [0.15, 0.2) is 0 Å². The maximum atomic E-state index is 11.4. The molecule has 0 bridgehead atoms. The Kier molecular flexibility index (Phi) is 3.49. The zero-order chi connectivity index (χ0) is 10.8. The second-order valence-corrected chi connectivity index (χ2v) is 5.73. The SMILES string of the molecule is CNS(=O)(=O)C1CCC(C(=O)O)CC1. The summed E-state index contributed by atoms with van der Waals surface area (Å²) in [6, 6.07) is 0. The number of hydrogen-bond acceptors (Lipinski definition) is 3. The van der Waals surface area contributed by atoms with Crippen LogP contribution >= 0.6 is 0 Å². The van der Waals surface area contributed by atoms with Crippen LogP contribution in [0.5, 0.6) is 0 Å². The van der Waals surface area contributed by atoms with Crippen molar-refractivity contribution < 1.29 is 18.3 Å². The lowest BCUT2D eigenvalue weighted by atomic mass is 9.89. The minimum atomic E-state index is -3.21. The Labute approximate surface area is 83.6 Å². The van der Waals surface area contributed by atoms with Crippen LogP contribution in [-0.4, -0.2) is 31.8 Å². The molecule has 0 aromatic heterocycles. The Bertz CT molecular complexity index is 303. The lowest BCUT2D eigenvalue weighted by Crippen LogP contribution is -2.36. The summed E-state index contributed by atoms with van der Waals surface area (Å²) in [4.78, 5) is 10.6. The van der Waals surface area contributed by atoms with E-state index in [1.54, 1.807) is 0 Å². The second-order valence-electron chi connectivity index (χ2n) is 3.56. The highest BCUT2D eigenvalue weighted by atomic mass is 32.2. The smallest absolute Gasteiger partial charge is 0.306 e. The van der Waals surface area contributed by atoms with Gasteiger partial charge in [-0.15, -0.1) is 0 Å². The van der Waals surface area contributed by atoms with Gasteiger partial charge >= 0.3 is 5.97 Å². The van der Waals surface area contributed by atoms with Gasteiger partial charge in [0, 0.05) is 0 Å². The van der Waals surface area contributed by atoms with Gasteiger partial charge in [0.1, 0.15) is 0 Å². The van der Waals surface area contributed by atoms with E-state index in [0.717, 1.165) is 0 Å². The molecular formula is C8H15NO4S. The van der Waals surface area contributed by atoms with E-state index in [1.807, 2.05) is 0 Å². The van der Waals surface area contributed by atoms with E-state index in [4.69, 9.17) is 5.11 Å². The number of hydrogen-bond donors (Lipinski definition) is 2. The molecule has 0 atom stereocenters. The third-order valence-electron chi connectivity index (χ3n) is 2.75. The zero-order valence-electron chi connectivity index (χ0n) is 8.06. The van der Waals surface area contributed by atoms with Crippen LogP contribution in [0, 0.1) is 5.92 Å². The summed E-state index contributed by atoms with van der Waals surface area (Å²) in [5.74, 6) is -1.18. The number of carbonyl (C=O) groups is 1. The van der Waals surface area contributed by atoms with E-state index in [0.29, 0.717) is 25.7 Å². The van der Waals surface area contributed by atoms with Crippen LogP contribution in [-0.2, 0) is 14.8 Å². The molecule has 1 aliphatic rings. The highest BCUT2D eigenvalue weighted by Gasteiger charge is 2.32. The molecule has 1 fully saturated rings. The fourth-order valence-electron chi connectivity index (χ4n) is 1.79. The van der Waals surface area contributed by atoms with E-state index >= 15 is 0 Å². The number of aliphatic carboxylic acids is 1. The van der Waals surface area contributed by atoms with Gasteiger partial charge < -0.3 is 5.11 Å². The maximum Gasteiger partial charge on any atom is 0.306 e. The average Bonchev–Trinajstić information content (AvgIpc) is 2.18. The van der Waals surface area contributed by atoms with Crippen molar-refractivity contribution in [2.75, 3.05) is 7.05 Å². The van der Waals surface area contributed by atoms with Crippen molar-refractivity contribution in [3.05, 3.63) is 0 Å². The Balaban J connectivity index is 2.56. The molecule has 0 radical (unpaired) electrons. The molecule has 0 aliphatic heterocycles. The first-order valence-corrected chi connectivity index (χ1v) is 6.17. The van der Waals surface area contributed by atoms with Gasteiger partial charge in [-0.1, -0.05) is 0 Å². The van der Waals surface area contributed by atoms with Gasteiger partial charge in [0.2, 0.25) is 10.0 Å². The van der Waals surface area contributed by atoms with Crippen molar-refractivity contribution in [2.45, 2.75) is 30.9 Å².